The van der Waals surface area contributed by atoms with Crippen molar-refractivity contribution in [2.75, 3.05) is 6.26 Å². The fourth-order valence-corrected chi connectivity index (χ4v) is 3.54. The quantitative estimate of drug-likeness (QED) is 0.838. The predicted octanol–water partition coefficient (Wildman–Crippen LogP) is 4.05. The average molecular weight is 310 g/mol. The molecule has 1 aliphatic heterocycles. The van der Waals surface area contributed by atoms with Crippen molar-refractivity contribution in [3.05, 3.63) is 71.8 Å². The van der Waals surface area contributed by atoms with E-state index in [1.54, 1.807) is 6.92 Å². The molecule has 0 fully saturated rings. The zero-order valence-electron chi connectivity index (χ0n) is 12.6. The van der Waals surface area contributed by atoms with E-state index in [-0.39, 0.29) is 18.0 Å². The van der Waals surface area contributed by atoms with Gasteiger partial charge in [-0.15, -0.1) is 0 Å². The molecule has 4 heteroatoms. The van der Waals surface area contributed by atoms with Gasteiger partial charge in [0.1, 0.15) is 6.04 Å². The van der Waals surface area contributed by atoms with E-state index in [0.717, 1.165) is 16.3 Å². The zero-order valence-corrected chi connectivity index (χ0v) is 13.5. The highest BCUT2D eigenvalue weighted by atomic mass is 32.2. The summed E-state index contributed by atoms with van der Waals surface area (Å²) in [5.41, 5.74) is 2.24. The van der Waals surface area contributed by atoms with E-state index in [1.807, 2.05) is 47.6 Å². The van der Waals surface area contributed by atoms with Gasteiger partial charge in [-0.2, -0.15) is 0 Å². The molecule has 1 heterocycles. The van der Waals surface area contributed by atoms with Crippen LogP contribution in [0.1, 0.15) is 30.1 Å². The normalized spacial score (nSPS) is 20.8. The van der Waals surface area contributed by atoms with Crippen molar-refractivity contribution in [2.45, 2.75) is 19.0 Å². The largest absolute Gasteiger partial charge is 0.282 e. The summed E-state index contributed by atoms with van der Waals surface area (Å²) in [6.07, 6.45) is 1.96. The topological polar surface area (TPSA) is 32.7 Å². The predicted molar refractivity (Wildman–Crippen MR) is 91.8 cm³/mol. The number of aliphatic imine (C=N–C) groups is 1. The fourth-order valence-electron chi connectivity index (χ4n) is 2.88. The van der Waals surface area contributed by atoms with Crippen LogP contribution in [-0.2, 0) is 4.79 Å². The molecular formula is C18H18N2OS. The van der Waals surface area contributed by atoms with Crippen molar-refractivity contribution >= 4 is 22.8 Å². The van der Waals surface area contributed by atoms with Crippen LogP contribution in [0, 0.1) is 0 Å². The molecule has 0 saturated heterocycles. The highest BCUT2D eigenvalue weighted by Crippen LogP contribution is 2.43. The number of hydrogen-bond donors (Lipinski definition) is 0. The number of hydrogen-bond acceptors (Lipinski definition) is 3. The Morgan fingerprint density at radius 3 is 2.05 bits per heavy atom. The second-order valence-corrected chi connectivity index (χ2v) is 5.99. The number of nitrogens with zero attached hydrogens (tertiary/aromatic N) is 2. The van der Waals surface area contributed by atoms with Gasteiger partial charge in [0, 0.05) is 6.92 Å². The van der Waals surface area contributed by atoms with Crippen LogP contribution in [0.15, 0.2) is 65.7 Å². The summed E-state index contributed by atoms with van der Waals surface area (Å²) in [6.45, 7) is 1.61. The lowest BCUT2D eigenvalue weighted by atomic mass is 9.94. The molecule has 1 aliphatic rings. The number of rotatable bonds is 2. The van der Waals surface area contributed by atoms with Crippen LogP contribution in [0.4, 0.5) is 0 Å². The fraction of sp³-hybridized carbons (Fsp3) is 0.222. The molecule has 0 N–H and O–H groups in total. The lowest BCUT2D eigenvalue weighted by Crippen LogP contribution is -2.34. The molecule has 0 unspecified atom stereocenters. The second kappa shape index (κ2) is 6.36. The van der Waals surface area contributed by atoms with Crippen molar-refractivity contribution in [3.63, 3.8) is 0 Å². The van der Waals surface area contributed by atoms with Gasteiger partial charge < -0.3 is 0 Å². The van der Waals surface area contributed by atoms with Gasteiger partial charge in [-0.25, -0.2) is 0 Å². The number of carbonyl (C=O) groups is 1. The van der Waals surface area contributed by atoms with E-state index in [1.165, 1.54) is 11.8 Å². The highest BCUT2D eigenvalue weighted by Gasteiger charge is 2.39. The van der Waals surface area contributed by atoms with E-state index in [2.05, 4.69) is 24.3 Å². The van der Waals surface area contributed by atoms with Gasteiger partial charge in [-0.05, 0) is 17.4 Å². The summed E-state index contributed by atoms with van der Waals surface area (Å²) in [5, 5.41) is 0.787. The summed E-state index contributed by atoms with van der Waals surface area (Å²) in [6, 6.07) is 20.2. The molecule has 0 radical (unpaired) electrons. The van der Waals surface area contributed by atoms with Crippen LogP contribution < -0.4 is 0 Å². The van der Waals surface area contributed by atoms with Gasteiger partial charge in [0.15, 0.2) is 5.17 Å². The third-order valence-corrected chi connectivity index (χ3v) is 4.50. The van der Waals surface area contributed by atoms with Crippen molar-refractivity contribution in [1.82, 2.24) is 4.90 Å². The van der Waals surface area contributed by atoms with Gasteiger partial charge in [-0.1, -0.05) is 72.4 Å². The van der Waals surface area contributed by atoms with E-state index in [9.17, 15) is 4.79 Å². The standard InChI is InChI=1S/C18H18N2OS/c1-13(21)20-17(15-11-7-4-8-12-15)16(19-18(20)22-2)14-9-5-3-6-10-14/h3-12,16-17H,1-2H3/t16-,17+/m0/s1. The van der Waals surface area contributed by atoms with Crippen molar-refractivity contribution in [3.8, 4) is 0 Å². The van der Waals surface area contributed by atoms with Crippen LogP contribution in [0.3, 0.4) is 0 Å². The number of carbonyl (C=O) groups excluding carboxylic acids is 1. The highest BCUT2D eigenvalue weighted by molar-refractivity contribution is 8.13. The van der Waals surface area contributed by atoms with Crippen LogP contribution in [0.2, 0.25) is 0 Å². The number of benzene rings is 2. The molecule has 0 aromatic heterocycles. The minimum absolute atomic E-state index is 0.0281. The number of amidine groups is 1. The number of thioether (sulfide) groups is 1. The van der Waals surface area contributed by atoms with Crippen molar-refractivity contribution in [2.24, 2.45) is 4.99 Å². The third-order valence-electron chi connectivity index (χ3n) is 3.84. The van der Waals surface area contributed by atoms with Gasteiger partial charge in [0.25, 0.3) is 0 Å². The second-order valence-electron chi connectivity index (χ2n) is 5.22. The summed E-state index contributed by atoms with van der Waals surface area (Å²) < 4.78 is 0. The lowest BCUT2D eigenvalue weighted by molar-refractivity contribution is -0.126. The van der Waals surface area contributed by atoms with E-state index < -0.39 is 0 Å². The summed E-state index contributed by atoms with van der Waals surface area (Å²) >= 11 is 1.52. The summed E-state index contributed by atoms with van der Waals surface area (Å²) in [7, 11) is 0. The Balaban J connectivity index is 2.10. The zero-order chi connectivity index (χ0) is 15.5. The first kappa shape index (κ1) is 14.9. The number of amides is 1. The SMILES string of the molecule is CSC1=N[C@@H](c2ccccc2)[C@@H](c2ccccc2)N1C(C)=O. The van der Waals surface area contributed by atoms with Crippen molar-refractivity contribution < 1.29 is 4.79 Å². The first-order valence-corrected chi connectivity index (χ1v) is 8.46. The van der Waals surface area contributed by atoms with E-state index >= 15 is 0 Å². The molecule has 0 bridgehead atoms. The molecule has 22 heavy (non-hydrogen) atoms. The van der Waals surface area contributed by atoms with Crippen LogP contribution in [0.25, 0.3) is 0 Å². The van der Waals surface area contributed by atoms with Gasteiger partial charge in [0.05, 0.1) is 6.04 Å². The van der Waals surface area contributed by atoms with Crippen molar-refractivity contribution in [1.29, 1.82) is 0 Å². The maximum Gasteiger partial charge on any atom is 0.226 e. The molecular weight excluding hydrogens is 292 g/mol. The van der Waals surface area contributed by atoms with E-state index in [0.29, 0.717) is 0 Å². The molecule has 1 amide bonds. The van der Waals surface area contributed by atoms with Crippen LogP contribution in [-0.4, -0.2) is 22.2 Å². The maximum absolute atomic E-state index is 12.2. The molecule has 2 aromatic rings. The average Bonchev–Trinajstić information content (AvgIpc) is 2.96. The molecule has 2 aromatic carbocycles. The Hall–Kier alpha value is -2.07. The molecule has 2 atom stereocenters. The maximum atomic E-state index is 12.2. The molecule has 3 nitrogen and oxygen atoms in total. The van der Waals surface area contributed by atoms with Crippen LogP contribution >= 0.6 is 11.8 Å². The molecule has 0 saturated carbocycles. The van der Waals surface area contributed by atoms with Gasteiger partial charge in [-0.3, -0.25) is 14.7 Å². The Kier molecular flexibility index (Phi) is 4.29. The molecule has 3 rings (SSSR count). The third kappa shape index (κ3) is 2.66. The molecule has 0 aliphatic carbocycles. The lowest BCUT2D eigenvalue weighted by Gasteiger charge is -2.28. The van der Waals surface area contributed by atoms with E-state index in [4.69, 9.17) is 4.99 Å². The molecule has 0 spiro atoms. The Morgan fingerprint density at radius 2 is 1.55 bits per heavy atom. The van der Waals surface area contributed by atoms with Gasteiger partial charge >= 0.3 is 0 Å². The Bertz CT molecular complexity index is 685. The summed E-state index contributed by atoms with van der Waals surface area (Å²) in [5.74, 6) is 0.0281. The first-order valence-electron chi connectivity index (χ1n) is 7.24. The summed E-state index contributed by atoms with van der Waals surface area (Å²) in [4.78, 5) is 18.8. The smallest absolute Gasteiger partial charge is 0.226 e. The molecule has 112 valence electrons. The monoisotopic (exact) mass is 310 g/mol. The van der Waals surface area contributed by atoms with Crippen LogP contribution in [0.5, 0.6) is 0 Å². The minimum Gasteiger partial charge on any atom is -0.282 e. The Labute approximate surface area is 135 Å². The van der Waals surface area contributed by atoms with Gasteiger partial charge in [0.2, 0.25) is 5.91 Å². The Morgan fingerprint density at radius 1 is 1.00 bits per heavy atom. The first-order chi connectivity index (χ1) is 10.7. The minimum atomic E-state index is -0.0800.